The Hall–Kier alpha value is -4.08. The van der Waals surface area contributed by atoms with Crippen LogP contribution in [0.1, 0.15) is 22.8 Å². The van der Waals surface area contributed by atoms with Crippen LogP contribution in [-0.4, -0.2) is 23.5 Å². The summed E-state index contributed by atoms with van der Waals surface area (Å²) in [5.74, 6) is -0.374. The van der Waals surface area contributed by atoms with Crippen molar-refractivity contribution in [2.24, 2.45) is 0 Å². The molecular weight excluding hydrogens is 423 g/mol. The third-order valence-electron chi connectivity index (χ3n) is 4.25. The van der Waals surface area contributed by atoms with Crippen LogP contribution in [0.15, 0.2) is 66.9 Å². The number of nitrogens with zero attached hydrogens (tertiary/aromatic N) is 1. The average Bonchev–Trinajstić information content (AvgIpc) is 2.74. The summed E-state index contributed by atoms with van der Waals surface area (Å²) < 4.78 is 38.2. The second kappa shape index (κ2) is 9.82. The van der Waals surface area contributed by atoms with Gasteiger partial charge in [-0.1, -0.05) is 18.2 Å². The van der Waals surface area contributed by atoms with Crippen LogP contribution in [0.2, 0.25) is 0 Å². The topological polar surface area (TPSA) is 95.2 Å². The predicted octanol–water partition coefficient (Wildman–Crippen LogP) is 5.24. The molecule has 0 radical (unpaired) electrons. The highest BCUT2D eigenvalue weighted by Crippen LogP contribution is 2.30. The maximum Gasteiger partial charge on any atom is 0.416 e. The number of para-hydroxylation sites is 1. The minimum atomic E-state index is -4.47. The fourth-order valence-corrected chi connectivity index (χ4v) is 2.75. The molecule has 0 aliphatic rings. The summed E-state index contributed by atoms with van der Waals surface area (Å²) in [7, 11) is 0. The van der Waals surface area contributed by atoms with Crippen LogP contribution in [0.25, 0.3) is 0 Å². The van der Waals surface area contributed by atoms with E-state index in [0.29, 0.717) is 17.9 Å². The Labute approximate surface area is 182 Å². The Morgan fingerprint density at radius 2 is 1.62 bits per heavy atom. The van der Waals surface area contributed by atoms with Crippen LogP contribution in [0.3, 0.4) is 0 Å². The van der Waals surface area contributed by atoms with E-state index in [9.17, 15) is 22.8 Å². The highest BCUT2D eigenvalue weighted by Gasteiger charge is 2.30. The molecule has 166 valence electrons. The summed E-state index contributed by atoms with van der Waals surface area (Å²) in [6.07, 6.45) is -3.20. The van der Waals surface area contributed by atoms with Crippen molar-refractivity contribution in [1.82, 2.24) is 10.3 Å². The number of rotatable bonds is 6. The van der Waals surface area contributed by atoms with Gasteiger partial charge in [-0.15, -0.1) is 0 Å². The third-order valence-corrected chi connectivity index (χ3v) is 4.25. The van der Waals surface area contributed by atoms with Gasteiger partial charge in [-0.3, -0.25) is 10.1 Å². The van der Waals surface area contributed by atoms with E-state index >= 15 is 0 Å². The number of nitrogens with one attached hydrogen (secondary N) is 4. The molecular formula is C22H20F3N5O2. The summed E-state index contributed by atoms with van der Waals surface area (Å²) in [4.78, 5) is 28.7. The van der Waals surface area contributed by atoms with Crippen molar-refractivity contribution in [2.75, 3.05) is 22.5 Å². The van der Waals surface area contributed by atoms with Crippen molar-refractivity contribution >= 4 is 34.8 Å². The van der Waals surface area contributed by atoms with E-state index in [4.69, 9.17) is 0 Å². The number of amides is 3. The van der Waals surface area contributed by atoms with Gasteiger partial charge >= 0.3 is 12.2 Å². The highest BCUT2D eigenvalue weighted by molar-refractivity contribution is 6.08. The number of carbonyl (C=O) groups excluding carboxylic acids is 2. The number of anilines is 4. The number of carbonyl (C=O) groups is 2. The van der Waals surface area contributed by atoms with E-state index in [0.717, 1.165) is 12.1 Å². The largest absolute Gasteiger partial charge is 0.416 e. The molecule has 0 spiro atoms. The first-order chi connectivity index (χ1) is 15.3. The van der Waals surface area contributed by atoms with E-state index in [1.807, 2.05) is 6.07 Å². The van der Waals surface area contributed by atoms with Crippen molar-refractivity contribution < 1.29 is 22.8 Å². The number of aromatic nitrogens is 1. The molecule has 0 bridgehead atoms. The van der Waals surface area contributed by atoms with E-state index in [1.54, 1.807) is 31.2 Å². The summed E-state index contributed by atoms with van der Waals surface area (Å²) >= 11 is 0. The number of hydrogen-bond donors (Lipinski definition) is 4. The fourth-order valence-electron chi connectivity index (χ4n) is 2.75. The Morgan fingerprint density at radius 1 is 0.938 bits per heavy atom. The van der Waals surface area contributed by atoms with Crippen LogP contribution < -0.4 is 21.3 Å². The minimum absolute atomic E-state index is 0.134. The molecule has 3 amide bonds. The molecule has 1 heterocycles. The second-order valence-corrected chi connectivity index (χ2v) is 6.62. The van der Waals surface area contributed by atoms with Gasteiger partial charge in [0.1, 0.15) is 5.82 Å². The molecule has 10 heteroatoms. The summed E-state index contributed by atoms with van der Waals surface area (Å²) in [6.45, 7) is 2.19. The Balaban J connectivity index is 1.86. The number of alkyl halides is 3. The first kappa shape index (κ1) is 22.6. The molecule has 0 unspecified atom stereocenters. The highest BCUT2D eigenvalue weighted by atomic mass is 19.4. The van der Waals surface area contributed by atoms with E-state index in [-0.39, 0.29) is 17.1 Å². The zero-order valence-corrected chi connectivity index (χ0v) is 17.0. The summed E-state index contributed by atoms with van der Waals surface area (Å²) in [6, 6.07) is 14.2. The average molecular weight is 443 g/mol. The normalized spacial score (nSPS) is 10.9. The van der Waals surface area contributed by atoms with Crippen LogP contribution in [0, 0.1) is 0 Å². The zero-order chi connectivity index (χ0) is 23.1. The lowest BCUT2D eigenvalue weighted by Crippen LogP contribution is -2.28. The summed E-state index contributed by atoms with van der Waals surface area (Å²) in [5, 5.41) is 10.8. The lowest BCUT2D eigenvalue weighted by atomic mass is 10.1. The van der Waals surface area contributed by atoms with Crippen molar-refractivity contribution in [3.8, 4) is 0 Å². The molecule has 32 heavy (non-hydrogen) atoms. The molecule has 3 aromatic rings. The maximum atomic E-state index is 12.8. The van der Waals surface area contributed by atoms with Gasteiger partial charge in [-0.2, -0.15) is 13.2 Å². The Kier molecular flexibility index (Phi) is 6.93. The second-order valence-electron chi connectivity index (χ2n) is 6.62. The van der Waals surface area contributed by atoms with Crippen LogP contribution >= 0.6 is 0 Å². The Bertz CT molecular complexity index is 1090. The number of pyridine rings is 1. The number of halogens is 3. The van der Waals surface area contributed by atoms with Gasteiger partial charge < -0.3 is 16.0 Å². The molecule has 0 atom stereocenters. The summed E-state index contributed by atoms with van der Waals surface area (Å²) in [5.41, 5.74) is 0.548. The third kappa shape index (κ3) is 5.97. The molecule has 4 N–H and O–H groups in total. The molecule has 0 aliphatic carbocycles. The zero-order valence-electron chi connectivity index (χ0n) is 17.0. The van der Waals surface area contributed by atoms with E-state index < -0.39 is 23.7 Å². The van der Waals surface area contributed by atoms with E-state index in [2.05, 4.69) is 26.3 Å². The van der Waals surface area contributed by atoms with Gasteiger partial charge in [0.2, 0.25) is 0 Å². The molecule has 2 aromatic carbocycles. The van der Waals surface area contributed by atoms with Gasteiger partial charge in [0, 0.05) is 30.2 Å². The molecule has 0 aliphatic heterocycles. The number of hydrogen-bond acceptors (Lipinski definition) is 4. The van der Waals surface area contributed by atoms with E-state index in [1.165, 1.54) is 24.4 Å². The van der Waals surface area contributed by atoms with Crippen LogP contribution in [0.5, 0.6) is 0 Å². The lowest BCUT2D eigenvalue weighted by molar-refractivity contribution is -0.137. The van der Waals surface area contributed by atoms with Crippen LogP contribution in [-0.2, 0) is 6.18 Å². The molecule has 1 aromatic heterocycles. The van der Waals surface area contributed by atoms with Crippen molar-refractivity contribution in [2.45, 2.75) is 13.1 Å². The molecule has 3 rings (SSSR count). The fraction of sp³-hybridized carbons (Fsp3) is 0.136. The monoisotopic (exact) mass is 443 g/mol. The molecule has 0 saturated heterocycles. The predicted molar refractivity (Wildman–Crippen MR) is 116 cm³/mol. The Morgan fingerprint density at radius 3 is 2.25 bits per heavy atom. The van der Waals surface area contributed by atoms with Crippen molar-refractivity contribution in [3.05, 3.63) is 78.0 Å². The minimum Gasteiger partial charge on any atom is -0.355 e. The van der Waals surface area contributed by atoms with Crippen molar-refractivity contribution in [1.29, 1.82) is 0 Å². The first-order valence-electron chi connectivity index (χ1n) is 9.62. The smallest absolute Gasteiger partial charge is 0.355 e. The molecule has 7 nitrogen and oxygen atoms in total. The van der Waals surface area contributed by atoms with Gasteiger partial charge in [0.25, 0.3) is 5.91 Å². The van der Waals surface area contributed by atoms with Crippen molar-refractivity contribution in [3.63, 3.8) is 0 Å². The lowest BCUT2D eigenvalue weighted by Gasteiger charge is -2.14. The standard InChI is InChI=1S/C22H20F3N5O2/c1-2-26-21(32)30-19-12-18(28-15-6-4-3-5-7-15)17(13-27-19)20(31)29-16-10-8-14(9-11-16)22(23,24)25/h3-13H,2H2,1H3,(H,29,31)(H3,26,27,28,30,32). The van der Waals surface area contributed by atoms with Gasteiger partial charge in [0.05, 0.1) is 16.8 Å². The number of urea groups is 1. The molecule has 0 fully saturated rings. The maximum absolute atomic E-state index is 12.8. The van der Waals surface area contributed by atoms with Gasteiger partial charge in [-0.05, 0) is 43.3 Å². The SMILES string of the molecule is CCNC(=O)Nc1cc(Nc2ccccc2)c(C(=O)Nc2ccc(C(F)(F)F)cc2)cn1. The quantitative estimate of drug-likeness (QED) is 0.419. The van der Waals surface area contributed by atoms with Crippen LogP contribution in [0.4, 0.5) is 40.8 Å². The number of benzene rings is 2. The van der Waals surface area contributed by atoms with Gasteiger partial charge in [-0.25, -0.2) is 9.78 Å². The van der Waals surface area contributed by atoms with Gasteiger partial charge in [0.15, 0.2) is 0 Å². The molecule has 0 saturated carbocycles. The first-order valence-corrected chi connectivity index (χ1v) is 9.62.